The molecule has 90 valence electrons. The van der Waals surface area contributed by atoms with E-state index in [1.54, 1.807) is 14.2 Å². The highest BCUT2D eigenvalue weighted by Crippen LogP contribution is 2.26. The van der Waals surface area contributed by atoms with E-state index in [0.717, 1.165) is 23.6 Å². The van der Waals surface area contributed by atoms with Crippen molar-refractivity contribution in [2.24, 2.45) is 0 Å². The fourth-order valence-electron chi connectivity index (χ4n) is 1.68. The number of hydrogen-bond donors (Lipinski definition) is 1. The predicted octanol–water partition coefficient (Wildman–Crippen LogP) is 3.30. The molecule has 3 nitrogen and oxygen atoms in total. The molecule has 0 aliphatic carbocycles. The zero-order valence-electron chi connectivity index (χ0n) is 10.5. The molecule has 0 aromatic heterocycles. The van der Waals surface area contributed by atoms with Crippen LogP contribution in [0.25, 0.3) is 0 Å². The molecule has 0 radical (unpaired) electrons. The van der Waals surface area contributed by atoms with Crippen LogP contribution < -0.4 is 14.8 Å². The Morgan fingerprint density at radius 1 is 1.12 bits per heavy atom. The zero-order valence-corrected chi connectivity index (χ0v) is 10.5. The molecule has 0 aliphatic heterocycles. The summed E-state index contributed by atoms with van der Waals surface area (Å²) in [7, 11) is 3.32. The van der Waals surface area contributed by atoms with Gasteiger partial charge in [-0.2, -0.15) is 0 Å². The Bertz CT molecular complexity index is 303. The minimum atomic E-state index is 0.460. The van der Waals surface area contributed by atoms with Crippen LogP contribution in [0.5, 0.6) is 11.5 Å². The van der Waals surface area contributed by atoms with E-state index < -0.39 is 0 Å². The first-order chi connectivity index (χ1) is 7.69. The third kappa shape index (κ3) is 3.65. The van der Waals surface area contributed by atoms with Crippen molar-refractivity contribution in [3.8, 4) is 11.5 Å². The fourth-order valence-corrected chi connectivity index (χ4v) is 1.68. The topological polar surface area (TPSA) is 30.5 Å². The quantitative estimate of drug-likeness (QED) is 0.802. The summed E-state index contributed by atoms with van der Waals surface area (Å²) in [6.45, 7) is 4.36. The Hall–Kier alpha value is -1.38. The van der Waals surface area contributed by atoms with Crippen molar-refractivity contribution in [1.29, 1.82) is 0 Å². The van der Waals surface area contributed by atoms with Gasteiger partial charge in [0.05, 0.1) is 14.2 Å². The second-order valence-corrected chi connectivity index (χ2v) is 3.94. The van der Waals surface area contributed by atoms with Gasteiger partial charge in [0.1, 0.15) is 11.5 Å². The number of nitrogens with one attached hydrogen (secondary N) is 1. The molecule has 3 heteroatoms. The van der Waals surface area contributed by atoms with Gasteiger partial charge in [0.25, 0.3) is 0 Å². The highest BCUT2D eigenvalue weighted by molar-refractivity contribution is 5.54. The van der Waals surface area contributed by atoms with Crippen molar-refractivity contribution in [2.75, 3.05) is 19.5 Å². The molecule has 1 unspecified atom stereocenters. The monoisotopic (exact) mass is 223 g/mol. The molecule has 0 aliphatic rings. The summed E-state index contributed by atoms with van der Waals surface area (Å²) in [6, 6.07) is 6.29. The van der Waals surface area contributed by atoms with Gasteiger partial charge < -0.3 is 14.8 Å². The summed E-state index contributed by atoms with van der Waals surface area (Å²) in [4.78, 5) is 0. The lowest BCUT2D eigenvalue weighted by Gasteiger charge is -2.16. The van der Waals surface area contributed by atoms with Crippen molar-refractivity contribution in [1.82, 2.24) is 0 Å². The average Bonchev–Trinajstić information content (AvgIpc) is 2.28. The molecule has 0 bridgehead atoms. The molecular weight excluding hydrogens is 202 g/mol. The maximum absolute atomic E-state index is 5.22. The summed E-state index contributed by atoms with van der Waals surface area (Å²) >= 11 is 0. The minimum Gasteiger partial charge on any atom is -0.497 e. The van der Waals surface area contributed by atoms with Crippen LogP contribution in [0.2, 0.25) is 0 Å². The molecule has 0 amide bonds. The first kappa shape index (κ1) is 12.7. The van der Waals surface area contributed by atoms with Gasteiger partial charge in [0, 0.05) is 29.9 Å². The van der Waals surface area contributed by atoms with Crippen molar-refractivity contribution < 1.29 is 9.47 Å². The lowest BCUT2D eigenvalue weighted by Crippen LogP contribution is -2.14. The van der Waals surface area contributed by atoms with Crippen LogP contribution in [0.15, 0.2) is 18.2 Å². The third-order valence-corrected chi connectivity index (χ3v) is 2.49. The third-order valence-electron chi connectivity index (χ3n) is 2.49. The van der Waals surface area contributed by atoms with Gasteiger partial charge in [0.2, 0.25) is 0 Å². The second kappa shape index (κ2) is 6.26. The van der Waals surface area contributed by atoms with E-state index in [4.69, 9.17) is 9.47 Å². The molecule has 1 aromatic rings. The molecule has 0 spiro atoms. The van der Waals surface area contributed by atoms with Gasteiger partial charge in [-0.15, -0.1) is 0 Å². The molecule has 1 rings (SSSR count). The molecule has 1 aromatic carbocycles. The van der Waals surface area contributed by atoms with Crippen LogP contribution in [0, 0.1) is 0 Å². The molecule has 0 fully saturated rings. The number of hydrogen-bond acceptors (Lipinski definition) is 3. The lowest BCUT2D eigenvalue weighted by atomic mass is 10.2. The SMILES string of the molecule is CCCC(C)Nc1cc(OC)cc(OC)c1. The zero-order chi connectivity index (χ0) is 12.0. The Labute approximate surface area is 97.8 Å². The largest absolute Gasteiger partial charge is 0.497 e. The molecule has 16 heavy (non-hydrogen) atoms. The first-order valence-corrected chi connectivity index (χ1v) is 5.69. The minimum absolute atomic E-state index is 0.460. The van der Waals surface area contributed by atoms with Crippen molar-refractivity contribution >= 4 is 5.69 Å². The van der Waals surface area contributed by atoms with Crippen LogP contribution in [-0.2, 0) is 0 Å². The Morgan fingerprint density at radius 2 is 1.69 bits per heavy atom. The van der Waals surface area contributed by atoms with E-state index in [1.807, 2.05) is 18.2 Å². The van der Waals surface area contributed by atoms with Crippen molar-refractivity contribution in [2.45, 2.75) is 32.7 Å². The summed E-state index contributed by atoms with van der Waals surface area (Å²) in [5, 5.41) is 3.43. The van der Waals surface area contributed by atoms with E-state index in [1.165, 1.54) is 6.42 Å². The molecule has 1 N–H and O–H groups in total. The summed E-state index contributed by atoms with van der Waals surface area (Å²) in [6.07, 6.45) is 2.33. The van der Waals surface area contributed by atoms with E-state index in [-0.39, 0.29) is 0 Å². The number of ether oxygens (including phenoxy) is 2. The van der Waals surface area contributed by atoms with Crippen LogP contribution >= 0.6 is 0 Å². The fraction of sp³-hybridized carbons (Fsp3) is 0.538. The highest BCUT2D eigenvalue weighted by atomic mass is 16.5. The molecule has 0 saturated heterocycles. The normalized spacial score (nSPS) is 12.0. The number of benzene rings is 1. The molecule has 0 heterocycles. The number of anilines is 1. The Balaban J connectivity index is 2.78. The molecule has 0 saturated carbocycles. The van der Waals surface area contributed by atoms with Crippen LogP contribution in [0.4, 0.5) is 5.69 Å². The van der Waals surface area contributed by atoms with Gasteiger partial charge >= 0.3 is 0 Å². The number of methoxy groups -OCH3 is 2. The van der Waals surface area contributed by atoms with E-state index in [9.17, 15) is 0 Å². The van der Waals surface area contributed by atoms with Crippen LogP contribution in [-0.4, -0.2) is 20.3 Å². The van der Waals surface area contributed by atoms with Crippen molar-refractivity contribution in [3.05, 3.63) is 18.2 Å². The van der Waals surface area contributed by atoms with E-state index in [0.29, 0.717) is 6.04 Å². The summed E-state index contributed by atoms with van der Waals surface area (Å²) in [5.74, 6) is 1.62. The second-order valence-electron chi connectivity index (χ2n) is 3.94. The maximum atomic E-state index is 5.22. The predicted molar refractivity (Wildman–Crippen MR) is 67.5 cm³/mol. The van der Waals surface area contributed by atoms with Gasteiger partial charge in [-0.05, 0) is 13.3 Å². The van der Waals surface area contributed by atoms with Gasteiger partial charge in [-0.3, -0.25) is 0 Å². The number of rotatable bonds is 6. The van der Waals surface area contributed by atoms with Crippen LogP contribution in [0.1, 0.15) is 26.7 Å². The summed E-state index contributed by atoms with van der Waals surface area (Å²) < 4.78 is 10.4. The lowest BCUT2D eigenvalue weighted by molar-refractivity contribution is 0.394. The van der Waals surface area contributed by atoms with Crippen molar-refractivity contribution in [3.63, 3.8) is 0 Å². The Morgan fingerprint density at radius 3 is 2.12 bits per heavy atom. The standard InChI is InChI=1S/C13H21NO2/c1-5-6-10(2)14-11-7-12(15-3)9-13(8-11)16-4/h7-10,14H,5-6H2,1-4H3. The molecule has 1 atom stereocenters. The summed E-state index contributed by atoms with van der Waals surface area (Å²) in [5.41, 5.74) is 1.04. The van der Waals surface area contributed by atoms with E-state index in [2.05, 4.69) is 19.2 Å². The van der Waals surface area contributed by atoms with Crippen LogP contribution in [0.3, 0.4) is 0 Å². The smallest absolute Gasteiger partial charge is 0.124 e. The maximum Gasteiger partial charge on any atom is 0.124 e. The average molecular weight is 223 g/mol. The van der Waals surface area contributed by atoms with E-state index >= 15 is 0 Å². The highest BCUT2D eigenvalue weighted by Gasteiger charge is 2.04. The Kier molecular flexibility index (Phi) is 4.96. The van der Waals surface area contributed by atoms with Gasteiger partial charge in [-0.25, -0.2) is 0 Å². The first-order valence-electron chi connectivity index (χ1n) is 5.69. The molecular formula is C13H21NO2. The van der Waals surface area contributed by atoms with Gasteiger partial charge in [-0.1, -0.05) is 13.3 Å². The van der Waals surface area contributed by atoms with Gasteiger partial charge in [0.15, 0.2) is 0 Å².